The van der Waals surface area contributed by atoms with E-state index in [1.54, 1.807) is 10.7 Å². The molecule has 46 heavy (non-hydrogen) atoms. The van der Waals surface area contributed by atoms with E-state index in [2.05, 4.69) is 31.4 Å². The number of anilines is 2. The van der Waals surface area contributed by atoms with Gasteiger partial charge in [0.25, 0.3) is 0 Å². The molecule has 2 N–H and O–H groups in total. The van der Waals surface area contributed by atoms with E-state index in [0.717, 1.165) is 34.6 Å². The SMILES string of the molecule is Cc1ccc(-n2nc(C(C)(C)C)cc2NC(=O)Nc2cccc(CC3CCN(S(=O)(=O)c4cccc(C(F)(F)F)c4)CC3)c2)cc1. The lowest BCUT2D eigenvalue weighted by Gasteiger charge is -2.31. The lowest BCUT2D eigenvalue weighted by molar-refractivity contribution is -0.137. The first-order chi connectivity index (χ1) is 21.6. The van der Waals surface area contributed by atoms with Crippen molar-refractivity contribution in [2.75, 3.05) is 23.7 Å². The Bertz CT molecular complexity index is 1800. The van der Waals surface area contributed by atoms with Gasteiger partial charge in [-0.25, -0.2) is 17.9 Å². The number of urea groups is 1. The minimum absolute atomic E-state index is 0.178. The zero-order valence-corrected chi connectivity index (χ0v) is 27.0. The highest BCUT2D eigenvalue weighted by atomic mass is 32.2. The molecule has 1 aliphatic heterocycles. The molecule has 0 spiro atoms. The smallest absolute Gasteiger partial charge is 0.308 e. The second kappa shape index (κ2) is 12.9. The fourth-order valence-corrected chi connectivity index (χ4v) is 6.96. The maximum atomic E-state index is 13.1. The molecule has 1 saturated heterocycles. The average molecular weight is 654 g/mol. The third-order valence-corrected chi connectivity index (χ3v) is 9.97. The first-order valence-corrected chi connectivity index (χ1v) is 16.6. The van der Waals surface area contributed by atoms with Crippen LogP contribution < -0.4 is 10.6 Å². The first kappa shape index (κ1) is 33.2. The van der Waals surface area contributed by atoms with Gasteiger partial charge in [-0.15, -0.1) is 0 Å². The molecule has 0 saturated carbocycles. The monoisotopic (exact) mass is 653 g/mol. The molecule has 8 nitrogen and oxygen atoms in total. The quantitative estimate of drug-likeness (QED) is 0.213. The van der Waals surface area contributed by atoms with Crippen LogP contribution in [0.2, 0.25) is 0 Å². The molecule has 3 aromatic carbocycles. The fourth-order valence-electron chi connectivity index (χ4n) is 5.44. The fraction of sp³-hybridized carbons (Fsp3) is 0.353. The zero-order chi connectivity index (χ0) is 33.3. The highest BCUT2D eigenvalue weighted by molar-refractivity contribution is 7.89. The van der Waals surface area contributed by atoms with Crippen LogP contribution in [0, 0.1) is 12.8 Å². The van der Waals surface area contributed by atoms with E-state index in [9.17, 15) is 26.4 Å². The summed E-state index contributed by atoms with van der Waals surface area (Å²) in [6.45, 7) is 8.62. The molecule has 0 bridgehead atoms. The summed E-state index contributed by atoms with van der Waals surface area (Å²) in [6, 6.07) is 20.7. The van der Waals surface area contributed by atoms with E-state index in [0.29, 0.717) is 36.8 Å². The summed E-state index contributed by atoms with van der Waals surface area (Å²) >= 11 is 0. The van der Waals surface area contributed by atoms with Crippen LogP contribution in [-0.2, 0) is 28.0 Å². The van der Waals surface area contributed by atoms with Gasteiger partial charge in [-0.3, -0.25) is 5.32 Å². The summed E-state index contributed by atoms with van der Waals surface area (Å²) < 4.78 is 68.6. The van der Waals surface area contributed by atoms with Crippen LogP contribution in [0.4, 0.5) is 29.5 Å². The molecule has 1 aromatic heterocycles. The summed E-state index contributed by atoms with van der Waals surface area (Å²) in [4.78, 5) is 12.8. The van der Waals surface area contributed by atoms with Crippen molar-refractivity contribution in [1.82, 2.24) is 14.1 Å². The Kier molecular flexibility index (Phi) is 9.33. The topological polar surface area (TPSA) is 96.3 Å². The Morgan fingerprint density at radius 3 is 2.24 bits per heavy atom. The van der Waals surface area contributed by atoms with Crippen molar-refractivity contribution >= 4 is 27.6 Å². The average Bonchev–Trinajstić information content (AvgIpc) is 3.42. The van der Waals surface area contributed by atoms with Gasteiger partial charge in [0.05, 0.1) is 21.8 Å². The highest BCUT2D eigenvalue weighted by Crippen LogP contribution is 2.33. The number of nitrogens with one attached hydrogen (secondary N) is 2. The molecule has 2 heterocycles. The van der Waals surface area contributed by atoms with Crippen LogP contribution in [0.25, 0.3) is 5.69 Å². The van der Waals surface area contributed by atoms with E-state index in [-0.39, 0.29) is 29.3 Å². The molecule has 244 valence electrons. The van der Waals surface area contributed by atoms with Crippen molar-refractivity contribution in [3.63, 3.8) is 0 Å². The van der Waals surface area contributed by atoms with Crippen molar-refractivity contribution in [3.8, 4) is 5.69 Å². The number of amides is 2. The lowest BCUT2D eigenvalue weighted by Crippen LogP contribution is -2.39. The molecule has 1 aliphatic rings. The van der Waals surface area contributed by atoms with Crippen LogP contribution in [0.3, 0.4) is 0 Å². The van der Waals surface area contributed by atoms with E-state index >= 15 is 0 Å². The minimum atomic E-state index is -4.62. The number of halogens is 3. The van der Waals surface area contributed by atoms with E-state index in [1.165, 1.54) is 10.4 Å². The summed E-state index contributed by atoms with van der Waals surface area (Å²) in [6.07, 6.45) is -2.82. The van der Waals surface area contributed by atoms with Crippen LogP contribution in [0.1, 0.15) is 56.0 Å². The number of carbonyl (C=O) groups excluding carboxylic acids is 1. The molecule has 0 unspecified atom stereocenters. The molecule has 0 atom stereocenters. The molecular formula is C34H38F3N5O3S. The number of carbonyl (C=O) groups is 1. The number of rotatable bonds is 7. The van der Waals surface area contributed by atoms with Crippen molar-refractivity contribution in [2.45, 2.75) is 63.4 Å². The van der Waals surface area contributed by atoms with Gasteiger partial charge in [-0.2, -0.15) is 22.6 Å². The maximum Gasteiger partial charge on any atom is 0.416 e. The molecule has 5 rings (SSSR count). The number of benzene rings is 3. The van der Waals surface area contributed by atoms with Gasteiger partial charge in [-0.05, 0) is 80.1 Å². The summed E-state index contributed by atoms with van der Waals surface area (Å²) in [5, 5.41) is 10.6. The Hall–Kier alpha value is -4.16. The second-order valence-electron chi connectivity index (χ2n) is 12.8. The Morgan fingerprint density at radius 2 is 1.59 bits per heavy atom. The number of aromatic nitrogens is 2. The summed E-state index contributed by atoms with van der Waals surface area (Å²) in [5.74, 6) is 0.714. The van der Waals surface area contributed by atoms with E-state index in [4.69, 9.17) is 5.10 Å². The minimum Gasteiger partial charge on any atom is -0.308 e. The van der Waals surface area contributed by atoms with Crippen molar-refractivity contribution in [2.24, 2.45) is 5.92 Å². The third kappa shape index (κ3) is 7.79. The highest BCUT2D eigenvalue weighted by Gasteiger charge is 2.34. The van der Waals surface area contributed by atoms with Crippen LogP contribution in [0.5, 0.6) is 0 Å². The van der Waals surface area contributed by atoms with Crippen LogP contribution in [-0.4, -0.2) is 41.6 Å². The molecule has 4 aromatic rings. The van der Waals surface area contributed by atoms with Gasteiger partial charge < -0.3 is 5.32 Å². The predicted molar refractivity (Wildman–Crippen MR) is 173 cm³/mol. The van der Waals surface area contributed by atoms with Gasteiger partial charge in [0.1, 0.15) is 5.82 Å². The van der Waals surface area contributed by atoms with E-state index < -0.39 is 27.8 Å². The van der Waals surface area contributed by atoms with Gasteiger partial charge in [0.2, 0.25) is 10.0 Å². The first-order valence-electron chi connectivity index (χ1n) is 15.1. The number of piperidine rings is 1. The zero-order valence-electron chi connectivity index (χ0n) is 26.2. The third-order valence-electron chi connectivity index (χ3n) is 8.08. The maximum absolute atomic E-state index is 13.1. The standard InChI is InChI=1S/C34H38F3N5O3S/c1-23-11-13-28(14-12-23)42-31(22-30(40-42)33(2,3)4)39-32(43)38-27-9-5-7-25(20-27)19-24-15-17-41(18-16-24)46(44,45)29-10-6-8-26(21-29)34(35,36)37/h5-14,20-22,24H,15-19H2,1-4H3,(H2,38,39,43). The van der Waals surface area contributed by atoms with E-state index in [1.807, 2.05) is 55.5 Å². The normalized spacial score (nSPS) is 15.1. The molecule has 0 radical (unpaired) electrons. The summed E-state index contributed by atoms with van der Waals surface area (Å²) in [7, 11) is -4.04. The molecule has 0 aliphatic carbocycles. The number of alkyl halides is 3. The van der Waals surface area contributed by atoms with Gasteiger partial charge in [-0.1, -0.05) is 56.7 Å². The number of hydrogen-bond acceptors (Lipinski definition) is 4. The molecule has 1 fully saturated rings. The van der Waals surface area contributed by atoms with Crippen molar-refractivity contribution in [3.05, 3.63) is 101 Å². The Balaban J connectivity index is 1.21. The molecule has 2 amide bonds. The second-order valence-corrected chi connectivity index (χ2v) is 14.7. The van der Waals surface area contributed by atoms with Crippen LogP contribution in [0.15, 0.2) is 83.8 Å². The molecular weight excluding hydrogens is 615 g/mol. The van der Waals surface area contributed by atoms with Gasteiger partial charge in [0.15, 0.2) is 0 Å². The number of sulfonamides is 1. The Labute approximate surface area is 267 Å². The van der Waals surface area contributed by atoms with Crippen molar-refractivity contribution in [1.29, 1.82) is 0 Å². The van der Waals surface area contributed by atoms with Crippen LogP contribution >= 0.6 is 0 Å². The number of nitrogens with zero attached hydrogens (tertiary/aromatic N) is 3. The summed E-state index contributed by atoms with van der Waals surface area (Å²) in [5.41, 5.74) is 3.15. The van der Waals surface area contributed by atoms with Crippen molar-refractivity contribution < 1.29 is 26.4 Å². The van der Waals surface area contributed by atoms with Gasteiger partial charge >= 0.3 is 12.2 Å². The number of aryl methyl sites for hydroxylation is 1. The largest absolute Gasteiger partial charge is 0.416 e. The number of hydrogen-bond donors (Lipinski definition) is 2. The Morgan fingerprint density at radius 1 is 0.913 bits per heavy atom. The predicted octanol–water partition coefficient (Wildman–Crippen LogP) is 7.78. The molecule has 12 heteroatoms. The lowest BCUT2D eigenvalue weighted by atomic mass is 9.91. The van der Waals surface area contributed by atoms with Gasteiger partial charge in [0, 0.05) is 30.3 Å².